The highest BCUT2D eigenvalue weighted by Gasteiger charge is 2.33. The van der Waals surface area contributed by atoms with E-state index in [0.29, 0.717) is 6.61 Å². The highest BCUT2D eigenvalue weighted by molar-refractivity contribution is 5.67. The van der Waals surface area contributed by atoms with Crippen molar-refractivity contribution >= 4 is 5.97 Å². The van der Waals surface area contributed by atoms with Crippen molar-refractivity contribution in [1.82, 2.24) is 0 Å². The molecule has 4 nitrogen and oxygen atoms in total. The Hall–Kier alpha value is -0.610. The van der Waals surface area contributed by atoms with E-state index in [0.717, 1.165) is 25.7 Å². The molecule has 1 rings (SSSR count). The number of aliphatic carboxylic acids is 1. The number of hydrogen-bond acceptors (Lipinski definition) is 3. The van der Waals surface area contributed by atoms with Crippen molar-refractivity contribution in [3.05, 3.63) is 0 Å². The first kappa shape index (κ1) is 11.5. The lowest BCUT2D eigenvalue weighted by Crippen LogP contribution is -2.30. The maximum Gasteiger partial charge on any atom is 0.303 e. The molecule has 0 aromatic carbocycles. The number of rotatable bonds is 4. The fourth-order valence-electron chi connectivity index (χ4n) is 2.35. The largest absolute Gasteiger partial charge is 0.481 e. The van der Waals surface area contributed by atoms with E-state index < -0.39 is 5.97 Å². The lowest BCUT2D eigenvalue weighted by molar-refractivity contribution is -0.141. The molecule has 0 amide bonds. The summed E-state index contributed by atoms with van der Waals surface area (Å²) in [6, 6.07) is 0. The topological polar surface area (TPSA) is 72.5 Å². The number of carbonyl (C=O) groups is 1. The van der Waals surface area contributed by atoms with E-state index in [1.165, 1.54) is 12.8 Å². The second-order valence-corrected chi connectivity index (χ2v) is 4.30. The van der Waals surface area contributed by atoms with Crippen molar-refractivity contribution in [1.29, 1.82) is 0 Å². The lowest BCUT2D eigenvalue weighted by Gasteiger charge is -2.29. The molecule has 1 saturated carbocycles. The maximum absolute atomic E-state index is 10.8. The van der Waals surface area contributed by atoms with E-state index >= 15 is 0 Å². The molecule has 0 heterocycles. The third kappa shape index (κ3) is 3.27. The zero-order chi connectivity index (χ0) is 10.4. The summed E-state index contributed by atoms with van der Waals surface area (Å²) in [6.45, 7) is 0.374. The number of hydrogen-bond donors (Lipinski definition) is 2. The van der Waals surface area contributed by atoms with Crippen LogP contribution in [0.4, 0.5) is 0 Å². The van der Waals surface area contributed by atoms with Gasteiger partial charge >= 0.3 is 5.97 Å². The van der Waals surface area contributed by atoms with Crippen LogP contribution in [0, 0.1) is 5.41 Å². The van der Waals surface area contributed by atoms with Gasteiger partial charge < -0.3 is 9.94 Å². The fraction of sp³-hybridized carbons (Fsp3) is 0.900. The molecular weight excluding hydrogens is 182 g/mol. The summed E-state index contributed by atoms with van der Waals surface area (Å²) in [6.07, 6.45) is 6.63. The molecule has 1 fully saturated rings. The van der Waals surface area contributed by atoms with Crippen molar-refractivity contribution in [3.63, 3.8) is 0 Å². The molecule has 0 saturated heterocycles. The van der Waals surface area contributed by atoms with Crippen molar-refractivity contribution < 1.29 is 14.7 Å². The maximum atomic E-state index is 10.8. The third-order valence-electron chi connectivity index (χ3n) is 3.08. The monoisotopic (exact) mass is 201 g/mol. The van der Waals surface area contributed by atoms with Gasteiger partial charge in [0.05, 0.1) is 13.0 Å². The van der Waals surface area contributed by atoms with Gasteiger partial charge in [0.15, 0.2) is 0 Å². The van der Waals surface area contributed by atoms with Crippen LogP contribution in [-0.4, -0.2) is 17.7 Å². The minimum atomic E-state index is -0.746. The molecule has 0 aromatic rings. The van der Waals surface area contributed by atoms with Gasteiger partial charge in [-0.1, -0.05) is 25.7 Å². The van der Waals surface area contributed by atoms with Crippen molar-refractivity contribution in [2.45, 2.75) is 44.9 Å². The zero-order valence-electron chi connectivity index (χ0n) is 8.50. The zero-order valence-corrected chi connectivity index (χ0v) is 8.50. The molecule has 0 bridgehead atoms. The van der Waals surface area contributed by atoms with Gasteiger partial charge in [-0.25, -0.2) is 5.90 Å². The van der Waals surface area contributed by atoms with Gasteiger partial charge in [-0.05, 0) is 12.8 Å². The van der Waals surface area contributed by atoms with E-state index in [1.807, 2.05) is 0 Å². The van der Waals surface area contributed by atoms with Crippen molar-refractivity contribution in [3.8, 4) is 0 Å². The lowest BCUT2D eigenvalue weighted by atomic mass is 9.78. The van der Waals surface area contributed by atoms with Crippen LogP contribution in [-0.2, 0) is 9.63 Å². The molecule has 0 atom stereocenters. The molecule has 0 unspecified atom stereocenters. The number of carboxylic acid groups (broad SMARTS) is 1. The standard InChI is InChI=1S/C10H19NO3/c11-14-8-10(7-9(12)13)5-3-1-2-4-6-10/h1-8,11H2,(H,12,13). The van der Waals surface area contributed by atoms with Gasteiger partial charge in [-0.3, -0.25) is 4.79 Å². The molecule has 0 aliphatic heterocycles. The summed E-state index contributed by atoms with van der Waals surface area (Å²) >= 11 is 0. The van der Waals surface area contributed by atoms with E-state index in [2.05, 4.69) is 4.84 Å². The Kier molecular flexibility index (Phi) is 4.35. The van der Waals surface area contributed by atoms with Crippen molar-refractivity contribution in [2.24, 2.45) is 11.3 Å². The summed E-state index contributed by atoms with van der Waals surface area (Å²) < 4.78 is 0. The number of nitrogens with two attached hydrogens (primary N) is 1. The minimum Gasteiger partial charge on any atom is -0.481 e. The summed E-state index contributed by atoms with van der Waals surface area (Å²) in [7, 11) is 0. The smallest absolute Gasteiger partial charge is 0.303 e. The van der Waals surface area contributed by atoms with E-state index in [4.69, 9.17) is 11.0 Å². The highest BCUT2D eigenvalue weighted by atomic mass is 16.6. The van der Waals surface area contributed by atoms with E-state index in [1.54, 1.807) is 0 Å². The Bertz CT molecular complexity index is 186. The molecule has 0 spiro atoms. The molecule has 14 heavy (non-hydrogen) atoms. The van der Waals surface area contributed by atoms with Crippen LogP contribution in [0.15, 0.2) is 0 Å². The molecule has 1 aliphatic rings. The molecule has 1 aliphatic carbocycles. The molecule has 82 valence electrons. The number of carboxylic acids is 1. The van der Waals surface area contributed by atoms with Crippen molar-refractivity contribution in [2.75, 3.05) is 6.61 Å². The van der Waals surface area contributed by atoms with Crippen LogP contribution in [0.5, 0.6) is 0 Å². The Morgan fingerprint density at radius 3 is 2.29 bits per heavy atom. The first-order valence-electron chi connectivity index (χ1n) is 5.22. The van der Waals surface area contributed by atoms with Crippen LogP contribution in [0.25, 0.3) is 0 Å². The summed E-state index contributed by atoms with van der Waals surface area (Å²) in [4.78, 5) is 15.4. The second-order valence-electron chi connectivity index (χ2n) is 4.30. The molecule has 4 heteroatoms. The third-order valence-corrected chi connectivity index (χ3v) is 3.08. The van der Waals surface area contributed by atoms with Crippen LogP contribution in [0.1, 0.15) is 44.9 Å². The van der Waals surface area contributed by atoms with Gasteiger partial charge in [-0.15, -0.1) is 0 Å². The average molecular weight is 201 g/mol. The average Bonchev–Trinajstić information content (AvgIpc) is 2.30. The molecule has 0 radical (unpaired) electrons. The Morgan fingerprint density at radius 2 is 1.86 bits per heavy atom. The van der Waals surface area contributed by atoms with E-state index in [9.17, 15) is 4.79 Å². The van der Waals surface area contributed by atoms with Crippen LogP contribution >= 0.6 is 0 Å². The first-order chi connectivity index (χ1) is 6.68. The van der Waals surface area contributed by atoms with Gasteiger partial charge in [0.2, 0.25) is 0 Å². The van der Waals surface area contributed by atoms with E-state index in [-0.39, 0.29) is 11.8 Å². The van der Waals surface area contributed by atoms with Gasteiger partial charge in [0, 0.05) is 5.41 Å². The Balaban J connectivity index is 2.61. The fourth-order valence-corrected chi connectivity index (χ4v) is 2.35. The second kappa shape index (κ2) is 5.32. The SMILES string of the molecule is NOCC1(CC(=O)O)CCCCCC1. The van der Waals surface area contributed by atoms with Gasteiger partial charge in [0.1, 0.15) is 0 Å². The predicted molar refractivity (Wildman–Crippen MR) is 52.5 cm³/mol. The van der Waals surface area contributed by atoms with Gasteiger partial charge in [0.25, 0.3) is 0 Å². The summed E-state index contributed by atoms with van der Waals surface area (Å²) in [5.41, 5.74) is -0.211. The van der Waals surface area contributed by atoms with Gasteiger partial charge in [-0.2, -0.15) is 0 Å². The van der Waals surface area contributed by atoms with Crippen LogP contribution in [0.2, 0.25) is 0 Å². The highest BCUT2D eigenvalue weighted by Crippen LogP contribution is 2.38. The molecular formula is C10H19NO3. The van der Waals surface area contributed by atoms with Crippen LogP contribution < -0.4 is 5.90 Å². The quantitative estimate of drug-likeness (QED) is 0.536. The normalized spacial score (nSPS) is 21.5. The Morgan fingerprint density at radius 1 is 1.29 bits per heavy atom. The first-order valence-corrected chi connectivity index (χ1v) is 5.22. The predicted octanol–water partition coefficient (Wildman–Crippen LogP) is 1.69. The van der Waals surface area contributed by atoms with Crippen LogP contribution in [0.3, 0.4) is 0 Å². The molecule has 3 N–H and O–H groups in total. The molecule has 0 aromatic heterocycles. The minimum absolute atomic E-state index is 0.185. The Labute approximate surface area is 84.4 Å². The summed E-state index contributed by atoms with van der Waals surface area (Å²) in [5.74, 6) is 4.33. The summed E-state index contributed by atoms with van der Waals surface area (Å²) in [5, 5.41) is 8.85.